The summed E-state index contributed by atoms with van der Waals surface area (Å²) in [6.07, 6.45) is 4.47. The number of esters is 2. The van der Waals surface area contributed by atoms with Gasteiger partial charge in [0.05, 0.1) is 12.3 Å². The first-order valence-electron chi connectivity index (χ1n) is 7.07. The van der Waals surface area contributed by atoms with Crippen molar-refractivity contribution in [2.24, 2.45) is 12.0 Å². The summed E-state index contributed by atoms with van der Waals surface area (Å²) in [6.45, 7) is 7.12. The third-order valence-corrected chi connectivity index (χ3v) is 4.80. The van der Waals surface area contributed by atoms with Crippen LogP contribution in [0.1, 0.15) is 10.5 Å². The van der Waals surface area contributed by atoms with Crippen molar-refractivity contribution >= 4 is 31.6 Å². The number of aryl methyl sites for hydroxylation is 1. The van der Waals surface area contributed by atoms with Crippen LogP contribution < -0.4 is 0 Å². The smallest absolute Gasteiger partial charge is 0.355 e. The van der Waals surface area contributed by atoms with Gasteiger partial charge in [-0.25, -0.2) is 14.6 Å². The highest BCUT2D eigenvalue weighted by Crippen LogP contribution is 2.19. The van der Waals surface area contributed by atoms with E-state index in [4.69, 9.17) is 9.47 Å². The third kappa shape index (κ3) is 4.42. The van der Waals surface area contributed by atoms with Gasteiger partial charge >= 0.3 is 11.9 Å². The molecule has 0 saturated carbocycles. The molecule has 0 fully saturated rings. The number of aliphatic imine (C=N–C) groups is 1. The van der Waals surface area contributed by atoms with Crippen LogP contribution in [-0.2, 0) is 21.3 Å². The second kappa shape index (κ2) is 6.31. The summed E-state index contributed by atoms with van der Waals surface area (Å²) in [7, 11) is 0.519. The second-order valence-corrected chi connectivity index (χ2v) is 12.0. The Morgan fingerprint density at radius 1 is 1.36 bits per heavy atom. The number of carbonyl (C=O) groups is 2. The van der Waals surface area contributed by atoms with E-state index < -0.39 is 14.0 Å². The fraction of sp³-hybridized carbons (Fsp3) is 0.400. The summed E-state index contributed by atoms with van der Waals surface area (Å²) in [5, 5.41) is 0. The van der Waals surface area contributed by atoms with Crippen molar-refractivity contribution < 1.29 is 19.1 Å². The molecule has 0 bridgehead atoms. The fourth-order valence-corrected chi connectivity index (χ4v) is 2.55. The molecule has 1 aromatic heterocycles. The van der Waals surface area contributed by atoms with Gasteiger partial charge in [0.15, 0.2) is 0 Å². The van der Waals surface area contributed by atoms with Gasteiger partial charge in [0.25, 0.3) is 0 Å². The predicted molar refractivity (Wildman–Crippen MR) is 86.2 cm³/mol. The maximum Gasteiger partial charge on any atom is 0.355 e. The van der Waals surface area contributed by atoms with E-state index in [0.717, 1.165) is 6.04 Å². The van der Waals surface area contributed by atoms with Gasteiger partial charge in [-0.1, -0.05) is 19.6 Å². The van der Waals surface area contributed by atoms with E-state index >= 15 is 0 Å². The van der Waals surface area contributed by atoms with Crippen LogP contribution in [0.5, 0.6) is 0 Å². The van der Waals surface area contributed by atoms with E-state index in [9.17, 15) is 9.59 Å². The monoisotopic (exact) mass is 320 g/mol. The molecule has 1 aliphatic rings. The Labute approximate surface area is 130 Å². The largest absolute Gasteiger partial charge is 0.461 e. The number of cyclic esters (lactones) is 1. The number of ether oxygens (including phenoxy) is 2. The molecule has 0 saturated heterocycles. The normalized spacial score (nSPS) is 16.2. The molecule has 0 amide bonds. The Hall–Kier alpha value is -2.15. The summed E-state index contributed by atoms with van der Waals surface area (Å²) < 4.78 is 11.8. The van der Waals surface area contributed by atoms with Crippen LogP contribution in [0, 0.1) is 0 Å². The third-order valence-electron chi connectivity index (χ3n) is 3.09. The average Bonchev–Trinajstić information content (AvgIpc) is 2.94. The van der Waals surface area contributed by atoms with Gasteiger partial charge in [0.1, 0.15) is 5.69 Å². The lowest BCUT2D eigenvalue weighted by Gasteiger charge is -2.15. The SMILES string of the molecule is Cn1cc(N=C2C=CC(=O)O2)cc1C(=O)OCC[Si](C)(C)C. The number of aromatic nitrogens is 1. The molecule has 22 heavy (non-hydrogen) atoms. The van der Waals surface area contributed by atoms with Crippen molar-refractivity contribution in [3.8, 4) is 0 Å². The Morgan fingerprint density at radius 2 is 2.09 bits per heavy atom. The summed E-state index contributed by atoms with van der Waals surface area (Å²) in [5.41, 5.74) is 0.956. The van der Waals surface area contributed by atoms with Crippen molar-refractivity contribution in [2.75, 3.05) is 6.61 Å². The zero-order valence-electron chi connectivity index (χ0n) is 13.3. The number of nitrogens with zero attached hydrogens (tertiary/aromatic N) is 2. The maximum atomic E-state index is 12.1. The first-order valence-corrected chi connectivity index (χ1v) is 10.8. The lowest BCUT2D eigenvalue weighted by Crippen LogP contribution is -2.23. The van der Waals surface area contributed by atoms with Crippen LogP contribution in [0.15, 0.2) is 29.4 Å². The topological polar surface area (TPSA) is 69.9 Å². The van der Waals surface area contributed by atoms with Gasteiger partial charge in [-0.15, -0.1) is 0 Å². The molecule has 1 aromatic rings. The van der Waals surface area contributed by atoms with Crippen molar-refractivity contribution in [1.82, 2.24) is 4.57 Å². The Bertz CT molecular complexity index is 653. The summed E-state index contributed by atoms with van der Waals surface area (Å²) in [5.74, 6) is -0.596. The van der Waals surface area contributed by atoms with Gasteiger partial charge in [-0.2, -0.15) is 0 Å². The highest BCUT2D eigenvalue weighted by atomic mass is 28.3. The van der Waals surface area contributed by atoms with E-state index in [-0.39, 0.29) is 11.9 Å². The molecular weight excluding hydrogens is 300 g/mol. The molecule has 0 atom stereocenters. The molecule has 118 valence electrons. The molecule has 7 heteroatoms. The predicted octanol–water partition coefficient (Wildman–Crippen LogP) is 2.66. The van der Waals surface area contributed by atoms with E-state index in [2.05, 4.69) is 24.6 Å². The van der Waals surface area contributed by atoms with Crippen molar-refractivity contribution in [3.05, 3.63) is 30.1 Å². The molecule has 0 aliphatic carbocycles. The molecule has 2 heterocycles. The van der Waals surface area contributed by atoms with Crippen LogP contribution in [0.2, 0.25) is 25.7 Å². The Morgan fingerprint density at radius 3 is 2.68 bits per heavy atom. The molecule has 0 aromatic carbocycles. The highest BCUT2D eigenvalue weighted by Gasteiger charge is 2.18. The van der Waals surface area contributed by atoms with Gasteiger partial charge in [0.2, 0.25) is 5.90 Å². The quantitative estimate of drug-likeness (QED) is 0.618. The van der Waals surface area contributed by atoms with Gasteiger partial charge in [-0.05, 0) is 12.1 Å². The van der Waals surface area contributed by atoms with Crippen molar-refractivity contribution in [2.45, 2.75) is 25.7 Å². The number of carbonyl (C=O) groups excluding carboxylic acids is 2. The lowest BCUT2D eigenvalue weighted by molar-refractivity contribution is -0.129. The molecule has 0 unspecified atom stereocenters. The van der Waals surface area contributed by atoms with Crippen molar-refractivity contribution in [3.63, 3.8) is 0 Å². The van der Waals surface area contributed by atoms with Crippen LogP contribution in [-0.4, -0.2) is 37.1 Å². The van der Waals surface area contributed by atoms with E-state index in [1.54, 1.807) is 23.9 Å². The number of hydrogen-bond donors (Lipinski definition) is 0. The summed E-state index contributed by atoms with van der Waals surface area (Å²) in [6, 6.07) is 2.54. The van der Waals surface area contributed by atoms with Crippen molar-refractivity contribution in [1.29, 1.82) is 0 Å². The summed E-state index contributed by atoms with van der Waals surface area (Å²) >= 11 is 0. The number of rotatable bonds is 5. The molecule has 1 aliphatic heterocycles. The van der Waals surface area contributed by atoms with E-state index in [1.165, 1.54) is 12.2 Å². The molecular formula is C15H20N2O4Si. The van der Waals surface area contributed by atoms with Gasteiger partial charge in [0, 0.05) is 33.5 Å². The van der Waals surface area contributed by atoms with Gasteiger partial charge in [-0.3, -0.25) is 0 Å². The molecule has 6 nitrogen and oxygen atoms in total. The first-order chi connectivity index (χ1) is 10.2. The average molecular weight is 320 g/mol. The molecule has 2 rings (SSSR count). The minimum atomic E-state index is -1.23. The second-order valence-electron chi connectivity index (χ2n) is 6.35. The summed E-state index contributed by atoms with van der Waals surface area (Å²) in [4.78, 5) is 27.2. The minimum absolute atomic E-state index is 0.217. The maximum absolute atomic E-state index is 12.1. The fourth-order valence-electron chi connectivity index (χ4n) is 1.83. The standard InChI is InChI=1S/C15H20N2O4Si/c1-17-10-11(16-13-5-6-14(18)21-13)9-12(17)15(19)20-7-8-22(2,3)4/h5-6,9-10H,7-8H2,1-4H3. The van der Waals surface area contributed by atoms with Crippen LogP contribution >= 0.6 is 0 Å². The highest BCUT2D eigenvalue weighted by molar-refractivity contribution is 6.76. The minimum Gasteiger partial charge on any atom is -0.461 e. The van der Waals surface area contributed by atoms with Crippen LogP contribution in [0.3, 0.4) is 0 Å². The Kier molecular flexibility index (Phi) is 4.65. The van der Waals surface area contributed by atoms with E-state index in [1.807, 2.05) is 0 Å². The number of hydrogen-bond acceptors (Lipinski definition) is 5. The van der Waals surface area contributed by atoms with Crippen LogP contribution in [0.25, 0.3) is 0 Å². The Balaban J connectivity index is 2.02. The van der Waals surface area contributed by atoms with Crippen LogP contribution in [0.4, 0.5) is 5.69 Å². The molecule has 0 spiro atoms. The lowest BCUT2D eigenvalue weighted by atomic mass is 10.4. The molecule has 0 N–H and O–H groups in total. The van der Waals surface area contributed by atoms with E-state index in [0.29, 0.717) is 18.0 Å². The zero-order valence-corrected chi connectivity index (χ0v) is 14.3. The molecule has 0 radical (unpaired) electrons. The first kappa shape index (κ1) is 16.2. The van der Waals surface area contributed by atoms with Gasteiger partial charge < -0.3 is 14.0 Å². The zero-order chi connectivity index (χ0) is 16.3.